The topological polar surface area (TPSA) is 34.4 Å². The second kappa shape index (κ2) is 4.33. The number of thiophene rings is 1. The summed E-state index contributed by atoms with van der Waals surface area (Å²) in [5, 5.41) is 2.00. The van der Waals surface area contributed by atoms with Crippen molar-refractivity contribution in [3.63, 3.8) is 0 Å². The van der Waals surface area contributed by atoms with Crippen LogP contribution < -0.4 is 0 Å². The van der Waals surface area contributed by atoms with Crippen molar-refractivity contribution in [2.24, 2.45) is 0 Å². The van der Waals surface area contributed by atoms with Gasteiger partial charge in [-0.05, 0) is 24.8 Å². The minimum absolute atomic E-state index is 0.675. The molecule has 0 bridgehead atoms. The van der Waals surface area contributed by atoms with Gasteiger partial charge in [0.2, 0.25) is 0 Å². The van der Waals surface area contributed by atoms with E-state index < -0.39 is 0 Å². The lowest BCUT2D eigenvalue weighted by Gasteiger charge is -1.99. The lowest BCUT2D eigenvalue weighted by molar-refractivity contribution is 0.111. The van der Waals surface area contributed by atoms with Gasteiger partial charge in [-0.3, -0.25) is 9.20 Å². The number of imidazole rings is 1. The molecule has 0 N–H and O–H groups in total. The molecule has 0 atom stereocenters. The molecule has 0 saturated heterocycles. The number of aryl methyl sites for hydroxylation is 2. The third-order valence-corrected chi connectivity index (χ3v) is 4.88. The van der Waals surface area contributed by atoms with Crippen LogP contribution in [0.2, 0.25) is 0 Å². The number of aldehydes is 1. The van der Waals surface area contributed by atoms with Gasteiger partial charge in [-0.2, -0.15) is 0 Å². The minimum Gasteiger partial charge on any atom is -0.296 e. The van der Waals surface area contributed by atoms with Gasteiger partial charge in [0.05, 0.1) is 4.88 Å². The standard InChI is InChI=1S/C13H12N2OS2/c1-3-9-8(2)18-13-14-12(10(7-16)15(9)13)11-5-4-6-17-11/h4-7H,3H2,1-2H3. The van der Waals surface area contributed by atoms with Crippen LogP contribution in [0.15, 0.2) is 17.5 Å². The second-order valence-electron chi connectivity index (χ2n) is 4.02. The summed E-state index contributed by atoms with van der Waals surface area (Å²) in [6.45, 7) is 4.19. The summed E-state index contributed by atoms with van der Waals surface area (Å²) in [6.07, 6.45) is 1.83. The molecule has 3 aromatic rings. The van der Waals surface area contributed by atoms with E-state index in [-0.39, 0.29) is 0 Å². The molecule has 5 heteroatoms. The summed E-state index contributed by atoms with van der Waals surface area (Å²) in [6, 6.07) is 3.98. The van der Waals surface area contributed by atoms with Crippen LogP contribution in [0, 0.1) is 6.92 Å². The van der Waals surface area contributed by atoms with Crippen molar-refractivity contribution in [3.05, 3.63) is 33.8 Å². The van der Waals surface area contributed by atoms with E-state index in [0.717, 1.165) is 28.2 Å². The zero-order valence-electron chi connectivity index (χ0n) is 10.1. The van der Waals surface area contributed by atoms with E-state index >= 15 is 0 Å². The highest BCUT2D eigenvalue weighted by molar-refractivity contribution is 7.17. The predicted octanol–water partition coefficient (Wildman–Crippen LogP) is 3.81. The van der Waals surface area contributed by atoms with Gasteiger partial charge < -0.3 is 0 Å². The lowest BCUT2D eigenvalue weighted by Crippen LogP contribution is -1.96. The van der Waals surface area contributed by atoms with Gasteiger partial charge in [0.15, 0.2) is 11.2 Å². The molecule has 3 nitrogen and oxygen atoms in total. The van der Waals surface area contributed by atoms with Crippen molar-refractivity contribution in [1.82, 2.24) is 9.38 Å². The van der Waals surface area contributed by atoms with E-state index in [1.165, 1.54) is 10.6 Å². The lowest BCUT2D eigenvalue weighted by atomic mass is 10.2. The van der Waals surface area contributed by atoms with Crippen molar-refractivity contribution in [3.8, 4) is 10.6 Å². The van der Waals surface area contributed by atoms with Crippen molar-refractivity contribution < 1.29 is 4.79 Å². The fourth-order valence-electron chi connectivity index (χ4n) is 2.20. The molecule has 0 aliphatic rings. The van der Waals surface area contributed by atoms with Gasteiger partial charge in [-0.25, -0.2) is 4.98 Å². The molecule has 0 aliphatic heterocycles. The molecule has 3 heterocycles. The van der Waals surface area contributed by atoms with Gasteiger partial charge >= 0.3 is 0 Å². The number of rotatable bonds is 3. The Morgan fingerprint density at radius 3 is 2.94 bits per heavy atom. The maximum Gasteiger partial charge on any atom is 0.195 e. The first-order valence-corrected chi connectivity index (χ1v) is 7.45. The molecule has 0 amide bonds. The molecular weight excluding hydrogens is 264 g/mol. The van der Waals surface area contributed by atoms with Crippen molar-refractivity contribution in [1.29, 1.82) is 0 Å². The zero-order valence-corrected chi connectivity index (χ0v) is 11.8. The molecule has 0 unspecified atom stereocenters. The van der Waals surface area contributed by atoms with Crippen LogP contribution >= 0.6 is 22.7 Å². The molecule has 3 aromatic heterocycles. The normalized spacial score (nSPS) is 11.2. The Labute approximate surface area is 113 Å². The number of thiazole rings is 1. The highest BCUT2D eigenvalue weighted by atomic mass is 32.1. The first-order valence-electron chi connectivity index (χ1n) is 5.76. The second-order valence-corrected chi connectivity index (χ2v) is 6.15. The van der Waals surface area contributed by atoms with E-state index in [1.807, 2.05) is 21.9 Å². The molecule has 0 aromatic carbocycles. The van der Waals surface area contributed by atoms with E-state index in [1.54, 1.807) is 22.7 Å². The highest BCUT2D eigenvalue weighted by Gasteiger charge is 2.19. The summed E-state index contributed by atoms with van der Waals surface area (Å²) in [5.41, 5.74) is 2.67. The molecule has 3 rings (SSSR count). The van der Waals surface area contributed by atoms with Gasteiger partial charge in [-0.1, -0.05) is 13.0 Å². The number of hydrogen-bond acceptors (Lipinski definition) is 4. The molecule has 92 valence electrons. The largest absolute Gasteiger partial charge is 0.296 e. The molecule has 0 aliphatic carbocycles. The summed E-state index contributed by atoms with van der Waals surface area (Å²) >= 11 is 3.26. The predicted molar refractivity (Wildman–Crippen MR) is 75.9 cm³/mol. The summed E-state index contributed by atoms with van der Waals surface area (Å²) in [7, 11) is 0. The van der Waals surface area contributed by atoms with Crippen molar-refractivity contribution >= 4 is 33.9 Å². The molecule has 18 heavy (non-hydrogen) atoms. The Kier molecular flexibility index (Phi) is 2.80. The molecule has 0 spiro atoms. The van der Waals surface area contributed by atoms with Gasteiger partial charge in [0.1, 0.15) is 11.4 Å². The number of carbonyl (C=O) groups excluding carboxylic acids is 1. The Morgan fingerprint density at radius 1 is 1.50 bits per heavy atom. The van der Waals surface area contributed by atoms with Crippen LogP contribution in [0.5, 0.6) is 0 Å². The summed E-state index contributed by atoms with van der Waals surface area (Å²) < 4.78 is 2.00. The Morgan fingerprint density at radius 2 is 2.33 bits per heavy atom. The first kappa shape index (κ1) is 11.6. The van der Waals surface area contributed by atoms with Crippen molar-refractivity contribution in [2.75, 3.05) is 0 Å². The highest BCUT2D eigenvalue weighted by Crippen LogP contribution is 2.32. The number of carbonyl (C=O) groups is 1. The fraction of sp³-hybridized carbons (Fsp3) is 0.231. The number of aromatic nitrogens is 2. The van der Waals surface area contributed by atoms with Crippen LogP contribution in [0.3, 0.4) is 0 Å². The Hall–Kier alpha value is -1.46. The average molecular weight is 276 g/mol. The van der Waals surface area contributed by atoms with Gasteiger partial charge in [0.25, 0.3) is 0 Å². The molecule has 0 fully saturated rings. The zero-order chi connectivity index (χ0) is 12.7. The average Bonchev–Trinajstić information content (AvgIpc) is 3.02. The molecule has 0 radical (unpaired) electrons. The van der Waals surface area contributed by atoms with Gasteiger partial charge in [-0.15, -0.1) is 22.7 Å². The monoisotopic (exact) mass is 276 g/mol. The van der Waals surface area contributed by atoms with E-state index in [4.69, 9.17) is 0 Å². The smallest absolute Gasteiger partial charge is 0.195 e. The maximum absolute atomic E-state index is 11.4. The SMILES string of the molecule is CCc1c(C)sc2nc(-c3cccs3)c(C=O)n12. The first-order chi connectivity index (χ1) is 8.76. The summed E-state index contributed by atoms with van der Waals surface area (Å²) in [4.78, 5) is 19.2. The molecule has 0 saturated carbocycles. The molecular formula is C13H12N2OS2. The van der Waals surface area contributed by atoms with Crippen LogP contribution in [-0.2, 0) is 6.42 Å². The van der Waals surface area contributed by atoms with Crippen LogP contribution in [0.1, 0.15) is 28.0 Å². The minimum atomic E-state index is 0.675. The van der Waals surface area contributed by atoms with Crippen molar-refractivity contribution in [2.45, 2.75) is 20.3 Å². The van der Waals surface area contributed by atoms with E-state index in [2.05, 4.69) is 18.8 Å². The van der Waals surface area contributed by atoms with Crippen LogP contribution in [0.25, 0.3) is 15.5 Å². The fourth-order valence-corrected chi connectivity index (χ4v) is 3.99. The van der Waals surface area contributed by atoms with Crippen LogP contribution in [0.4, 0.5) is 0 Å². The third-order valence-electron chi connectivity index (χ3n) is 3.00. The Bertz CT molecular complexity index is 707. The van der Waals surface area contributed by atoms with Gasteiger partial charge in [0, 0.05) is 10.6 Å². The van der Waals surface area contributed by atoms with E-state index in [9.17, 15) is 4.79 Å². The van der Waals surface area contributed by atoms with Crippen LogP contribution in [-0.4, -0.2) is 15.7 Å². The number of hydrogen-bond donors (Lipinski definition) is 0. The Balaban J connectivity index is 2.36. The quantitative estimate of drug-likeness (QED) is 0.682. The summed E-state index contributed by atoms with van der Waals surface area (Å²) in [5.74, 6) is 0. The number of nitrogens with zero attached hydrogens (tertiary/aromatic N) is 2. The number of fused-ring (bicyclic) bond motifs is 1. The maximum atomic E-state index is 11.4. The van der Waals surface area contributed by atoms with E-state index in [0.29, 0.717) is 5.69 Å². The third kappa shape index (κ3) is 1.54.